The van der Waals surface area contributed by atoms with Crippen molar-refractivity contribution in [3.8, 4) is 6.07 Å². The maximum absolute atomic E-state index is 13.2. The second-order valence-electron chi connectivity index (χ2n) is 4.99. The number of hydrogen-bond acceptors (Lipinski definition) is 2. The molecule has 0 aliphatic rings. The molecule has 0 saturated carbocycles. The summed E-state index contributed by atoms with van der Waals surface area (Å²) in [5.41, 5.74) is 1.20. The second kappa shape index (κ2) is 7.13. The highest BCUT2D eigenvalue weighted by Crippen LogP contribution is 2.11. The van der Waals surface area contributed by atoms with Gasteiger partial charge in [-0.3, -0.25) is 0 Å². The van der Waals surface area contributed by atoms with Gasteiger partial charge in [0.05, 0.1) is 11.6 Å². The Morgan fingerprint density at radius 3 is 2.67 bits per heavy atom. The summed E-state index contributed by atoms with van der Waals surface area (Å²) in [6.07, 6.45) is 2.28. The van der Waals surface area contributed by atoms with E-state index in [1.165, 1.54) is 18.6 Å². The van der Waals surface area contributed by atoms with Gasteiger partial charge in [0, 0.05) is 12.6 Å². The van der Waals surface area contributed by atoms with Gasteiger partial charge in [0.2, 0.25) is 0 Å². The van der Waals surface area contributed by atoms with Gasteiger partial charge in [0.1, 0.15) is 5.82 Å². The van der Waals surface area contributed by atoms with Crippen LogP contribution in [0, 0.1) is 23.1 Å². The Labute approximate surface area is 109 Å². The molecule has 2 unspecified atom stereocenters. The van der Waals surface area contributed by atoms with Crippen LogP contribution in [0.1, 0.15) is 44.7 Å². The van der Waals surface area contributed by atoms with Crippen molar-refractivity contribution in [1.29, 1.82) is 5.26 Å². The topological polar surface area (TPSA) is 35.8 Å². The Bertz CT molecular complexity index is 423. The van der Waals surface area contributed by atoms with Crippen LogP contribution in [-0.4, -0.2) is 6.04 Å². The van der Waals surface area contributed by atoms with Crippen LogP contribution in [0.15, 0.2) is 18.2 Å². The summed E-state index contributed by atoms with van der Waals surface area (Å²) in [6, 6.07) is 6.83. The molecule has 1 aromatic rings. The highest BCUT2D eigenvalue weighted by molar-refractivity contribution is 5.33. The summed E-state index contributed by atoms with van der Waals surface area (Å²) in [5, 5.41) is 12.1. The first-order chi connectivity index (χ1) is 8.55. The zero-order valence-corrected chi connectivity index (χ0v) is 11.3. The second-order valence-corrected chi connectivity index (χ2v) is 4.99. The summed E-state index contributed by atoms with van der Waals surface area (Å²) in [4.78, 5) is 0. The lowest BCUT2D eigenvalue weighted by Gasteiger charge is -2.17. The molecule has 1 N–H and O–H groups in total. The van der Waals surface area contributed by atoms with Crippen molar-refractivity contribution < 1.29 is 4.39 Å². The standard InChI is InChI=1S/C15H21FN2/c1-4-11(2)5-12(3)18-10-14-6-13(9-17)7-15(16)8-14/h6-8,11-12,18H,4-5,10H2,1-3H3. The molecule has 0 aromatic heterocycles. The summed E-state index contributed by atoms with van der Waals surface area (Å²) >= 11 is 0. The van der Waals surface area contributed by atoms with Crippen molar-refractivity contribution in [3.63, 3.8) is 0 Å². The first kappa shape index (κ1) is 14.7. The van der Waals surface area contributed by atoms with E-state index >= 15 is 0 Å². The van der Waals surface area contributed by atoms with Gasteiger partial charge in [-0.2, -0.15) is 5.26 Å². The Hall–Kier alpha value is -1.40. The maximum Gasteiger partial charge on any atom is 0.124 e. The molecule has 0 fully saturated rings. The Balaban J connectivity index is 2.53. The first-order valence-electron chi connectivity index (χ1n) is 6.48. The maximum atomic E-state index is 13.2. The normalized spacial score (nSPS) is 13.9. The molecular formula is C15H21FN2. The molecule has 0 spiro atoms. The monoisotopic (exact) mass is 248 g/mol. The quantitative estimate of drug-likeness (QED) is 0.834. The SMILES string of the molecule is CCC(C)CC(C)NCc1cc(F)cc(C#N)c1. The van der Waals surface area contributed by atoms with Crippen molar-refractivity contribution in [2.75, 3.05) is 0 Å². The number of hydrogen-bond donors (Lipinski definition) is 1. The van der Waals surface area contributed by atoms with Gasteiger partial charge in [-0.15, -0.1) is 0 Å². The fourth-order valence-corrected chi connectivity index (χ4v) is 1.96. The van der Waals surface area contributed by atoms with Crippen LogP contribution in [0.2, 0.25) is 0 Å². The van der Waals surface area contributed by atoms with Crippen LogP contribution in [-0.2, 0) is 6.54 Å². The van der Waals surface area contributed by atoms with Gasteiger partial charge < -0.3 is 5.32 Å². The molecule has 1 rings (SSSR count). The summed E-state index contributed by atoms with van der Waals surface area (Å²) in [6.45, 7) is 7.15. The third-order valence-electron chi connectivity index (χ3n) is 3.19. The predicted molar refractivity (Wildman–Crippen MR) is 71.5 cm³/mol. The van der Waals surface area contributed by atoms with E-state index in [9.17, 15) is 4.39 Å². The third-order valence-corrected chi connectivity index (χ3v) is 3.19. The first-order valence-corrected chi connectivity index (χ1v) is 6.48. The molecule has 0 radical (unpaired) electrons. The largest absolute Gasteiger partial charge is 0.310 e. The highest BCUT2D eigenvalue weighted by atomic mass is 19.1. The number of nitrogens with zero attached hydrogens (tertiary/aromatic N) is 1. The number of nitriles is 1. The van der Waals surface area contributed by atoms with E-state index in [1.54, 1.807) is 6.07 Å². The van der Waals surface area contributed by atoms with E-state index < -0.39 is 0 Å². The Morgan fingerprint density at radius 1 is 1.33 bits per heavy atom. The molecule has 18 heavy (non-hydrogen) atoms. The van der Waals surface area contributed by atoms with Crippen molar-refractivity contribution in [2.45, 2.75) is 46.2 Å². The molecular weight excluding hydrogens is 227 g/mol. The minimum atomic E-state index is -0.347. The van der Waals surface area contributed by atoms with Crippen molar-refractivity contribution in [1.82, 2.24) is 5.32 Å². The minimum absolute atomic E-state index is 0.347. The van der Waals surface area contributed by atoms with Crippen LogP contribution in [0.5, 0.6) is 0 Å². The van der Waals surface area contributed by atoms with Gasteiger partial charge >= 0.3 is 0 Å². The number of benzene rings is 1. The van der Waals surface area contributed by atoms with Crippen molar-refractivity contribution in [3.05, 3.63) is 35.1 Å². The molecule has 0 heterocycles. The molecule has 3 heteroatoms. The molecule has 0 bridgehead atoms. The molecule has 0 aliphatic carbocycles. The third kappa shape index (κ3) is 4.85. The van der Waals surface area contributed by atoms with Gasteiger partial charge in [0.25, 0.3) is 0 Å². The van der Waals surface area contributed by atoms with Gasteiger partial charge in [-0.05, 0) is 43.0 Å². The average Bonchev–Trinajstić information content (AvgIpc) is 2.35. The lowest BCUT2D eigenvalue weighted by molar-refractivity contribution is 0.411. The average molecular weight is 248 g/mol. The van der Waals surface area contributed by atoms with E-state index in [2.05, 4.69) is 26.1 Å². The predicted octanol–water partition coefficient (Wildman–Crippen LogP) is 3.61. The Morgan fingerprint density at radius 2 is 2.06 bits per heavy atom. The zero-order valence-electron chi connectivity index (χ0n) is 11.3. The molecule has 1 aromatic carbocycles. The number of rotatable bonds is 6. The molecule has 2 atom stereocenters. The number of nitrogens with one attached hydrogen (secondary N) is 1. The number of halogens is 1. The van der Waals surface area contributed by atoms with E-state index in [0.717, 1.165) is 12.0 Å². The lowest BCUT2D eigenvalue weighted by Crippen LogP contribution is -2.27. The van der Waals surface area contributed by atoms with Crippen molar-refractivity contribution in [2.24, 2.45) is 5.92 Å². The fourth-order valence-electron chi connectivity index (χ4n) is 1.96. The molecule has 0 saturated heterocycles. The van der Waals surface area contributed by atoms with Crippen LogP contribution in [0.3, 0.4) is 0 Å². The van der Waals surface area contributed by atoms with Crippen LogP contribution >= 0.6 is 0 Å². The van der Waals surface area contributed by atoms with Crippen LogP contribution in [0.4, 0.5) is 4.39 Å². The fraction of sp³-hybridized carbons (Fsp3) is 0.533. The molecule has 2 nitrogen and oxygen atoms in total. The van der Waals surface area contributed by atoms with Gasteiger partial charge in [-0.1, -0.05) is 20.3 Å². The van der Waals surface area contributed by atoms with Crippen LogP contribution in [0.25, 0.3) is 0 Å². The lowest BCUT2D eigenvalue weighted by atomic mass is 10.00. The van der Waals surface area contributed by atoms with E-state index in [4.69, 9.17) is 5.26 Å². The van der Waals surface area contributed by atoms with Crippen molar-refractivity contribution >= 4 is 0 Å². The zero-order chi connectivity index (χ0) is 13.5. The summed E-state index contributed by atoms with van der Waals surface area (Å²) in [5.74, 6) is 0.343. The molecule has 0 aliphatic heterocycles. The summed E-state index contributed by atoms with van der Waals surface area (Å²) < 4.78 is 13.2. The van der Waals surface area contributed by atoms with E-state index in [0.29, 0.717) is 24.1 Å². The highest BCUT2D eigenvalue weighted by Gasteiger charge is 2.07. The minimum Gasteiger partial charge on any atom is -0.310 e. The Kier molecular flexibility index (Phi) is 5.80. The molecule has 0 amide bonds. The summed E-state index contributed by atoms with van der Waals surface area (Å²) in [7, 11) is 0. The van der Waals surface area contributed by atoms with E-state index in [1.807, 2.05) is 6.07 Å². The van der Waals surface area contributed by atoms with E-state index in [-0.39, 0.29) is 5.82 Å². The molecule has 98 valence electrons. The van der Waals surface area contributed by atoms with Gasteiger partial charge in [-0.25, -0.2) is 4.39 Å². The van der Waals surface area contributed by atoms with Gasteiger partial charge in [0.15, 0.2) is 0 Å². The smallest absolute Gasteiger partial charge is 0.124 e. The van der Waals surface area contributed by atoms with Crippen LogP contribution < -0.4 is 5.32 Å².